The van der Waals surface area contributed by atoms with E-state index >= 15 is 0 Å². The van der Waals surface area contributed by atoms with Gasteiger partial charge in [0.25, 0.3) is 0 Å². The van der Waals surface area contributed by atoms with Crippen LogP contribution >= 0.6 is 0 Å². The first kappa shape index (κ1) is 17.3. The molecule has 0 aromatic rings. The molecule has 0 radical (unpaired) electrons. The van der Waals surface area contributed by atoms with Crippen LogP contribution in [0, 0.1) is 0 Å². The van der Waals surface area contributed by atoms with Crippen molar-refractivity contribution in [3.63, 3.8) is 0 Å². The molecule has 0 aromatic heterocycles. The van der Waals surface area contributed by atoms with Gasteiger partial charge in [0, 0.05) is 5.54 Å². The third kappa shape index (κ3) is 5.34. The molecule has 1 amide bonds. The van der Waals surface area contributed by atoms with Crippen molar-refractivity contribution in [2.45, 2.75) is 90.5 Å². The van der Waals surface area contributed by atoms with Crippen LogP contribution in [0.3, 0.4) is 0 Å². The molecule has 0 aliphatic carbocycles. The van der Waals surface area contributed by atoms with Crippen molar-refractivity contribution >= 4 is 6.09 Å². The van der Waals surface area contributed by atoms with Crippen LogP contribution in [0.4, 0.5) is 4.79 Å². The second-order valence-electron chi connectivity index (χ2n) is 6.38. The molecule has 0 N–H and O–H groups in total. The minimum Gasteiger partial charge on any atom is -0.448 e. The average Bonchev–Trinajstić information content (AvgIpc) is 2.87. The lowest BCUT2D eigenvalue weighted by Gasteiger charge is -2.37. The van der Waals surface area contributed by atoms with Crippen LogP contribution in [0.25, 0.3) is 0 Å². The Labute approximate surface area is 125 Å². The number of rotatable bonds is 11. The van der Waals surface area contributed by atoms with Crippen LogP contribution in [0.5, 0.6) is 0 Å². The van der Waals surface area contributed by atoms with E-state index < -0.39 is 0 Å². The summed E-state index contributed by atoms with van der Waals surface area (Å²) in [6.45, 7) is 8.08. The summed E-state index contributed by atoms with van der Waals surface area (Å²) >= 11 is 0. The van der Waals surface area contributed by atoms with Gasteiger partial charge in [-0.05, 0) is 19.8 Å². The van der Waals surface area contributed by atoms with Gasteiger partial charge in [-0.15, -0.1) is 0 Å². The number of carbonyl (C=O) groups excluding carboxylic acids is 1. The third-order valence-electron chi connectivity index (χ3n) is 4.55. The summed E-state index contributed by atoms with van der Waals surface area (Å²) in [5.74, 6) is 0. The summed E-state index contributed by atoms with van der Waals surface area (Å²) in [5.41, 5.74) is 0.00899. The fourth-order valence-electron chi connectivity index (χ4n) is 3.14. The second-order valence-corrected chi connectivity index (χ2v) is 6.38. The zero-order valence-corrected chi connectivity index (χ0v) is 13.7. The van der Waals surface area contributed by atoms with E-state index in [4.69, 9.17) is 4.74 Å². The van der Waals surface area contributed by atoms with E-state index in [1.165, 1.54) is 51.4 Å². The van der Waals surface area contributed by atoms with Crippen molar-refractivity contribution in [2.24, 2.45) is 0 Å². The minimum absolute atomic E-state index is 0.00899. The van der Waals surface area contributed by atoms with Crippen molar-refractivity contribution < 1.29 is 9.53 Å². The Morgan fingerprint density at radius 2 is 1.55 bits per heavy atom. The first-order valence-corrected chi connectivity index (χ1v) is 8.58. The summed E-state index contributed by atoms with van der Waals surface area (Å²) in [6, 6.07) is 0. The van der Waals surface area contributed by atoms with Crippen molar-refractivity contribution in [2.75, 3.05) is 13.2 Å². The lowest BCUT2D eigenvalue weighted by molar-refractivity contribution is 0.104. The Morgan fingerprint density at radius 3 is 1.95 bits per heavy atom. The molecule has 1 rings (SSSR count). The van der Waals surface area contributed by atoms with Crippen LogP contribution in [0.2, 0.25) is 0 Å². The fourth-order valence-corrected chi connectivity index (χ4v) is 3.14. The highest BCUT2D eigenvalue weighted by atomic mass is 16.6. The van der Waals surface area contributed by atoms with Gasteiger partial charge in [-0.25, -0.2) is 4.79 Å². The van der Waals surface area contributed by atoms with Gasteiger partial charge in [0.1, 0.15) is 6.61 Å². The lowest BCUT2D eigenvalue weighted by atomic mass is 9.86. The number of cyclic esters (lactones) is 1. The fraction of sp³-hybridized carbons (Fsp3) is 0.941. The molecule has 1 aliphatic rings. The van der Waals surface area contributed by atoms with Crippen LogP contribution in [0.1, 0.15) is 85.0 Å². The molecule has 0 aromatic carbocycles. The van der Waals surface area contributed by atoms with Crippen LogP contribution in [0.15, 0.2) is 0 Å². The molecule has 0 spiro atoms. The smallest absolute Gasteiger partial charge is 0.410 e. The summed E-state index contributed by atoms with van der Waals surface area (Å²) < 4.78 is 5.15. The quantitative estimate of drug-likeness (QED) is 0.491. The molecule has 1 fully saturated rings. The predicted molar refractivity (Wildman–Crippen MR) is 84.0 cm³/mol. The average molecular weight is 283 g/mol. The normalized spacial score (nSPS) is 15.8. The molecular formula is C17H33NO2. The standard InChI is InChI=1S/C17H33NO2/c1-4-6-8-10-12-17(3,13-11-9-7-5-2)18-14-15-20-16(18)19/h4-15H2,1-3H3. The number of unbranched alkanes of at least 4 members (excludes halogenated alkanes) is 6. The van der Waals surface area contributed by atoms with Gasteiger partial charge in [0.15, 0.2) is 0 Å². The molecular weight excluding hydrogens is 250 g/mol. The minimum atomic E-state index is -0.0986. The van der Waals surface area contributed by atoms with Crippen LogP contribution in [-0.4, -0.2) is 29.7 Å². The highest BCUT2D eigenvalue weighted by molar-refractivity contribution is 5.70. The van der Waals surface area contributed by atoms with E-state index in [9.17, 15) is 4.79 Å². The molecule has 0 saturated carbocycles. The molecule has 1 heterocycles. The molecule has 0 atom stereocenters. The highest BCUT2D eigenvalue weighted by Gasteiger charge is 2.38. The SMILES string of the molecule is CCCCCCC(C)(CCCCCC)N1CCOC1=O. The number of nitrogens with zero attached hydrogens (tertiary/aromatic N) is 1. The monoisotopic (exact) mass is 283 g/mol. The summed E-state index contributed by atoms with van der Waals surface area (Å²) in [6.07, 6.45) is 12.3. The zero-order valence-electron chi connectivity index (χ0n) is 13.7. The van der Waals surface area contributed by atoms with E-state index in [0.717, 1.165) is 19.4 Å². The van der Waals surface area contributed by atoms with Crippen LogP contribution in [-0.2, 0) is 4.74 Å². The molecule has 1 aliphatic heterocycles. The van der Waals surface area contributed by atoms with Gasteiger partial charge in [0.05, 0.1) is 6.54 Å². The topological polar surface area (TPSA) is 29.5 Å². The molecule has 20 heavy (non-hydrogen) atoms. The number of ether oxygens (including phenoxy) is 1. The van der Waals surface area contributed by atoms with Gasteiger partial charge in [-0.3, -0.25) is 4.90 Å². The van der Waals surface area contributed by atoms with Crippen molar-refractivity contribution in [1.29, 1.82) is 0 Å². The molecule has 0 unspecified atom stereocenters. The van der Waals surface area contributed by atoms with E-state index in [2.05, 4.69) is 20.8 Å². The van der Waals surface area contributed by atoms with E-state index in [0.29, 0.717) is 6.61 Å². The Bertz CT molecular complexity index is 266. The molecule has 1 saturated heterocycles. The number of carbonyl (C=O) groups is 1. The van der Waals surface area contributed by atoms with E-state index in [1.807, 2.05) is 4.90 Å². The maximum Gasteiger partial charge on any atom is 0.410 e. The van der Waals surface area contributed by atoms with Crippen molar-refractivity contribution in [3.05, 3.63) is 0 Å². The zero-order chi connectivity index (χ0) is 14.8. The molecule has 3 nitrogen and oxygen atoms in total. The maximum atomic E-state index is 11.9. The van der Waals surface area contributed by atoms with Gasteiger partial charge < -0.3 is 4.74 Å². The van der Waals surface area contributed by atoms with Gasteiger partial charge in [-0.2, -0.15) is 0 Å². The van der Waals surface area contributed by atoms with Gasteiger partial charge >= 0.3 is 6.09 Å². The molecule has 118 valence electrons. The van der Waals surface area contributed by atoms with Gasteiger partial charge in [-0.1, -0.05) is 65.2 Å². The Hall–Kier alpha value is -0.730. The van der Waals surface area contributed by atoms with Crippen LogP contribution < -0.4 is 0 Å². The maximum absolute atomic E-state index is 11.9. The Kier molecular flexibility index (Phi) is 8.01. The first-order valence-electron chi connectivity index (χ1n) is 8.58. The second kappa shape index (κ2) is 9.25. The van der Waals surface area contributed by atoms with Gasteiger partial charge in [0.2, 0.25) is 0 Å². The van der Waals surface area contributed by atoms with E-state index in [-0.39, 0.29) is 11.6 Å². The number of hydrogen-bond donors (Lipinski definition) is 0. The van der Waals surface area contributed by atoms with Crippen molar-refractivity contribution in [1.82, 2.24) is 4.90 Å². The Morgan fingerprint density at radius 1 is 1.00 bits per heavy atom. The van der Waals surface area contributed by atoms with E-state index in [1.54, 1.807) is 0 Å². The summed E-state index contributed by atoms with van der Waals surface area (Å²) in [7, 11) is 0. The first-order chi connectivity index (χ1) is 9.64. The lowest BCUT2D eigenvalue weighted by Crippen LogP contribution is -2.47. The third-order valence-corrected chi connectivity index (χ3v) is 4.55. The number of amides is 1. The Balaban J connectivity index is 2.49. The summed E-state index contributed by atoms with van der Waals surface area (Å²) in [4.78, 5) is 13.9. The molecule has 3 heteroatoms. The van der Waals surface area contributed by atoms with Crippen molar-refractivity contribution in [3.8, 4) is 0 Å². The predicted octanol–water partition coefficient (Wildman–Crippen LogP) is 5.14. The summed E-state index contributed by atoms with van der Waals surface area (Å²) in [5, 5.41) is 0. The highest BCUT2D eigenvalue weighted by Crippen LogP contribution is 2.31. The number of hydrogen-bond acceptors (Lipinski definition) is 2. The molecule has 0 bridgehead atoms. The largest absolute Gasteiger partial charge is 0.448 e.